The molecule has 31 heavy (non-hydrogen) atoms. The van der Waals surface area contributed by atoms with Crippen LogP contribution in [0.25, 0.3) is 11.7 Å². The van der Waals surface area contributed by atoms with Crippen molar-refractivity contribution >= 4 is 45.9 Å². The average molecular weight is 456 g/mol. The molecule has 0 spiro atoms. The van der Waals surface area contributed by atoms with Crippen LogP contribution in [0.3, 0.4) is 0 Å². The molecule has 0 atom stereocenters. The van der Waals surface area contributed by atoms with E-state index >= 15 is 0 Å². The first-order chi connectivity index (χ1) is 14.8. The van der Waals surface area contributed by atoms with Crippen LogP contribution < -0.4 is 10.3 Å². The van der Waals surface area contributed by atoms with Gasteiger partial charge >= 0.3 is 0 Å². The highest BCUT2D eigenvalue weighted by molar-refractivity contribution is 8.26. The summed E-state index contributed by atoms with van der Waals surface area (Å²) in [4.78, 5) is 32.4. The Bertz CT molecular complexity index is 1270. The van der Waals surface area contributed by atoms with Crippen LogP contribution in [-0.2, 0) is 4.79 Å². The number of fused-ring (bicyclic) bond motifs is 1. The summed E-state index contributed by atoms with van der Waals surface area (Å²) >= 11 is 6.49. The number of halogens is 1. The van der Waals surface area contributed by atoms with E-state index in [1.54, 1.807) is 24.4 Å². The molecule has 1 aromatic carbocycles. The normalized spacial score (nSPS) is 15.5. The summed E-state index contributed by atoms with van der Waals surface area (Å²) in [6.07, 6.45) is 3.06. The Morgan fingerprint density at radius 1 is 1.19 bits per heavy atom. The molecule has 1 amide bonds. The van der Waals surface area contributed by atoms with E-state index in [1.807, 2.05) is 13.8 Å². The number of thiocarbonyl (C=S) groups is 1. The molecule has 0 saturated carbocycles. The molecule has 2 aromatic heterocycles. The van der Waals surface area contributed by atoms with Gasteiger partial charge < -0.3 is 4.74 Å². The Balaban J connectivity index is 1.82. The van der Waals surface area contributed by atoms with Gasteiger partial charge in [0.15, 0.2) is 0 Å². The average Bonchev–Trinajstić information content (AvgIpc) is 2.99. The van der Waals surface area contributed by atoms with Gasteiger partial charge in [-0.3, -0.25) is 18.9 Å². The fourth-order valence-corrected chi connectivity index (χ4v) is 4.31. The van der Waals surface area contributed by atoms with Gasteiger partial charge in [-0.15, -0.1) is 0 Å². The molecule has 0 bridgehead atoms. The van der Waals surface area contributed by atoms with Crippen LogP contribution in [0.5, 0.6) is 11.6 Å². The zero-order valence-corrected chi connectivity index (χ0v) is 18.4. The molecule has 0 unspecified atom stereocenters. The molecule has 158 valence electrons. The lowest BCUT2D eigenvalue weighted by Crippen LogP contribution is -2.31. The van der Waals surface area contributed by atoms with Crippen molar-refractivity contribution in [3.05, 3.63) is 75.3 Å². The van der Waals surface area contributed by atoms with Crippen molar-refractivity contribution in [3.63, 3.8) is 0 Å². The lowest BCUT2D eigenvalue weighted by Gasteiger charge is -2.16. The minimum absolute atomic E-state index is 0.0249. The molecule has 3 heterocycles. The van der Waals surface area contributed by atoms with Crippen LogP contribution in [0.1, 0.15) is 19.4 Å². The summed E-state index contributed by atoms with van der Waals surface area (Å²) in [5, 5.41) is 0. The van der Waals surface area contributed by atoms with E-state index in [2.05, 4.69) is 4.98 Å². The third-order valence-electron chi connectivity index (χ3n) is 4.46. The van der Waals surface area contributed by atoms with Crippen LogP contribution in [0.4, 0.5) is 4.39 Å². The SMILES string of the molecule is CC(C)CN1C(=O)/C(=C\c2c(Oc3ccc(F)cc3)nc3ccccn3c2=O)SC1=S. The number of carbonyl (C=O) groups excluding carboxylic acids is 1. The Hall–Kier alpha value is -3.04. The number of pyridine rings is 1. The minimum Gasteiger partial charge on any atom is -0.438 e. The first-order valence-electron chi connectivity index (χ1n) is 9.53. The maximum atomic E-state index is 13.3. The number of carbonyl (C=O) groups is 1. The summed E-state index contributed by atoms with van der Waals surface area (Å²) in [7, 11) is 0. The maximum Gasteiger partial charge on any atom is 0.269 e. The molecular formula is C22H18FN3O3S2. The lowest BCUT2D eigenvalue weighted by molar-refractivity contribution is -0.122. The Labute approximate surface area is 187 Å². The van der Waals surface area contributed by atoms with Gasteiger partial charge in [0.25, 0.3) is 11.5 Å². The second-order valence-corrected chi connectivity index (χ2v) is 8.98. The van der Waals surface area contributed by atoms with Gasteiger partial charge in [-0.1, -0.05) is 43.9 Å². The van der Waals surface area contributed by atoms with Gasteiger partial charge in [0, 0.05) is 12.7 Å². The number of hydrogen-bond acceptors (Lipinski definition) is 6. The van der Waals surface area contributed by atoms with Crippen LogP contribution in [0, 0.1) is 11.7 Å². The second-order valence-electron chi connectivity index (χ2n) is 7.31. The molecule has 0 N–H and O–H groups in total. The van der Waals surface area contributed by atoms with Crippen molar-refractivity contribution in [2.75, 3.05) is 6.54 Å². The van der Waals surface area contributed by atoms with Gasteiger partial charge in [-0.2, -0.15) is 4.98 Å². The first-order valence-corrected chi connectivity index (χ1v) is 10.8. The molecule has 6 nitrogen and oxygen atoms in total. The molecule has 1 aliphatic rings. The molecular weight excluding hydrogens is 437 g/mol. The highest BCUT2D eigenvalue weighted by Gasteiger charge is 2.33. The molecule has 1 aliphatic heterocycles. The largest absolute Gasteiger partial charge is 0.438 e. The Morgan fingerprint density at radius 2 is 1.94 bits per heavy atom. The lowest BCUT2D eigenvalue weighted by atomic mass is 10.2. The summed E-state index contributed by atoms with van der Waals surface area (Å²) in [5.74, 6) is -0.0818. The van der Waals surface area contributed by atoms with Crippen molar-refractivity contribution in [1.82, 2.24) is 14.3 Å². The van der Waals surface area contributed by atoms with Crippen molar-refractivity contribution in [2.24, 2.45) is 5.92 Å². The summed E-state index contributed by atoms with van der Waals surface area (Å²) < 4.78 is 20.9. The van der Waals surface area contributed by atoms with E-state index in [-0.39, 0.29) is 23.3 Å². The number of aromatic nitrogens is 2. The number of amides is 1. The van der Waals surface area contributed by atoms with Crippen molar-refractivity contribution in [1.29, 1.82) is 0 Å². The number of ether oxygens (including phenoxy) is 1. The summed E-state index contributed by atoms with van der Waals surface area (Å²) in [6, 6.07) is 10.5. The zero-order valence-electron chi connectivity index (χ0n) is 16.7. The van der Waals surface area contributed by atoms with E-state index in [0.717, 1.165) is 11.8 Å². The fourth-order valence-electron chi connectivity index (χ4n) is 3.05. The first kappa shape index (κ1) is 21.2. The van der Waals surface area contributed by atoms with Gasteiger partial charge in [0.05, 0.1) is 4.91 Å². The predicted octanol–water partition coefficient (Wildman–Crippen LogP) is 4.48. The quantitative estimate of drug-likeness (QED) is 0.418. The van der Waals surface area contributed by atoms with Crippen molar-refractivity contribution in [3.8, 4) is 11.6 Å². The fraction of sp³-hybridized carbons (Fsp3) is 0.182. The third-order valence-corrected chi connectivity index (χ3v) is 5.84. The number of benzene rings is 1. The number of thioether (sulfide) groups is 1. The van der Waals surface area contributed by atoms with E-state index in [9.17, 15) is 14.0 Å². The summed E-state index contributed by atoms with van der Waals surface area (Å²) in [6.45, 7) is 4.49. The third kappa shape index (κ3) is 4.38. The zero-order chi connectivity index (χ0) is 22.1. The molecule has 0 radical (unpaired) electrons. The predicted molar refractivity (Wildman–Crippen MR) is 123 cm³/mol. The minimum atomic E-state index is -0.409. The molecule has 3 aromatic rings. The molecule has 0 aliphatic carbocycles. The van der Waals surface area contributed by atoms with Gasteiger partial charge in [-0.25, -0.2) is 4.39 Å². The van der Waals surface area contributed by atoms with Crippen LogP contribution >= 0.6 is 24.0 Å². The van der Waals surface area contributed by atoms with E-state index in [4.69, 9.17) is 17.0 Å². The van der Waals surface area contributed by atoms with Gasteiger partial charge in [-0.05, 0) is 48.4 Å². The summed E-state index contributed by atoms with van der Waals surface area (Å²) in [5.41, 5.74) is 0.101. The van der Waals surface area contributed by atoms with E-state index < -0.39 is 11.4 Å². The Kier molecular flexibility index (Phi) is 5.88. The van der Waals surface area contributed by atoms with E-state index in [1.165, 1.54) is 39.6 Å². The molecule has 1 fully saturated rings. The molecule has 9 heteroatoms. The number of nitrogens with zero attached hydrogens (tertiary/aromatic N) is 3. The standard InChI is InChI=1S/C22H18FN3O3S2/c1-13(2)12-26-21(28)17(31-22(26)30)11-16-19(29-15-8-6-14(23)7-9-15)24-18-5-3-4-10-25(18)20(16)27/h3-11,13H,12H2,1-2H3/b17-11+. The Morgan fingerprint density at radius 3 is 2.65 bits per heavy atom. The van der Waals surface area contributed by atoms with Gasteiger partial charge in [0.1, 0.15) is 27.1 Å². The van der Waals surface area contributed by atoms with Crippen LogP contribution in [0.2, 0.25) is 0 Å². The van der Waals surface area contributed by atoms with Crippen LogP contribution in [-0.4, -0.2) is 31.1 Å². The van der Waals surface area contributed by atoms with Crippen molar-refractivity contribution < 1.29 is 13.9 Å². The highest BCUT2D eigenvalue weighted by Crippen LogP contribution is 2.34. The molecule has 4 rings (SSSR count). The smallest absolute Gasteiger partial charge is 0.269 e. The monoisotopic (exact) mass is 455 g/mol. The number of rotatable bonds is 5. The van der Waals surface area contributed by atoms with E-state index in [0.29, 0.717) is 27.2 Å². The molecule has 1 saturated heterocycles. The number of hydrogen-bond donors (Lipinski definition) is 0. The van der Waals surface area contributed by atoms with Crippen LogP contribution in [0.15, 0.2) is 58.4 Å². The maximum absolute atomic E-state index is 13.3. The van der Waals surface area contributed by atoms with Gasteiger partial charge in [0.2, 0.25) is 5.88 Å². The van der Waals surface area contributed by atoms with Crippen molar-refractivity contribution in [2.45, 2.75) is 13.8 Å². The second kappa shape index (κ2) is 8.60. The topological polar surface area (TPSA) is 63.9 Å². The highest BCUT2D eigenvalue weighted by atomic mass is 32.2.